The van der Waals surface area contributed by atoms with Crippen LogP contribution in [0.15, 0.2) is 18.2 Å². The highest BCUT2D eigenvalue weighted by molar-refractivity contribution is 6.13. The Morgan fingerprint density at radius 3 is 2.61 bits per heavy atom. The minimum Gasteiger partial charge on any atom is -0.454 e. The van der Waals surface area contributed by atoms with Crippen molar-refractivity contribution >= 4 is 17.5 Å². The molecule has 7 heteroatoms. The summed E-state index contributed by atoms with van der Waals surface area (Å²) in [6, 6.07) is 5.19. The molecule has 2 N–H and O–H groups in total. The third-order valence-corrected chi connectivity index (χ3v) is 4.09. The van der Waals surface area contributed by atoms with Gasteiger partial charge in [0.15, 0.2) is 11.5 Å². The third kappa shape index (κ3) is 3.24. The SMILES string of the molecule is CN(C)CCNC(=O)C1(C(=O)Nc2ccc3c(c2)OCO3)CC1. The van der Waals surface area contributed by atoms with Gasteiger partial charge in [0, 0.05) is 24.8 Å². The van der Waals surface area contributed by atoms with Crippen molar-refractivity contribution in [2.45, 2.75) is 12.8 Å². The molecule has 124 valence electrons. The monoisotopic (exact) mass is 319 g/mol. The summed E-state index contributed by atoms with van der Waals surface area (Å²) in [6.45, 7) is 1.46. The van der Waals surface area contributed by atoms with Gasteiger partial charge in [-0.3, -0.25) is 9.59 Å². The van der Waals surface area contributed by atoms with Crippen LogP contribution in [-0.4, -0.2) is 50.7 Å². The number of likely N-dealkylation sites (N-methyl/N-ethyl adjacent to an activating group) is 1. The molecule has 0 bridgehead atoms. The molecule has 1 fully saturated rings. The number of ether oxygens (including phenoxy) is 2. The molecule has 23 heavy (non-hydrogen) atoms. The van der Waals surface area contributed by atoms with E-state index in [0.717, 1.165) is 6.54 Å². The third-order valence-electron chi connectivity index (χ3n) is 4.09. The fraction of sp³-hybridized carbons (Fsp3) is 0.500. The lowest BCUT2D eigenvalue weighted by molar-refractivity contribution is -0.134. The van der Waals surface area contributed by atoms with Crippen LogP contribution in [0.5, 0.6) is 11.5 Å². The molecule has 0 atom stereocenters. The van der Waals surface area contributed by atoms with Crippen molar-refractivity contribution in [3.8, 4) is 11.5 Å². The summed E-state index contributed by atoms with van der Waals surface area (Å²) < 4.78 is 10.5. The highest BCUT2D eigenvalue weighted by Crippen LogP contribution is 2.47. The van der Waals surface area contributed by atoms with E-state index >= 15 is 0 Å². The first-order valence-electron chi connectivity index (χ1n) is 7.65. The summed E-state index contributed by atoms with van der Waals surface area (Å²) >= 11 is 0. The molecule has 0 spiro atoms. The number of carbonyl (C=O) groups is 2. The lowest BCUT2D eigenvalue weighted by atomic mass is 10.0. The molecule has 0 saturated heterocycles. The molecule has 1 aliphatic carbocycles. The highest BCUT2D eigenvalue weighted by atomic mass is 16.7. The van der Waals surface area contributed by atoms with Crippen LogP contribution in [0.4, 0.5) is 5.69 Å². The van der Waals surface area contributed by atoms with Crippen molar-refractivity contribution in [3.63, 3.8) is 0 Å². The maximum absolute atomic E-state index is 12.5. The Kier molecular flexibility index (Phi) is 4.12. The highest BCUT2D eigenvalue weighted by Gasteiger charge is 2.56. The van der Waals surface area contributed by atoms with Crippen molar-refractivity contribution in [1.82, 2.24) is 10.2 Å². The van der Waals surface area contributed by atoms with E-state index in [1.807, 2.05) is 19.0 Å². The zero-order chi connectivity index (χ0) is 16.4. The molecule has 3 rings (SSSR count). The summed E-state index contributed by atoms with van der Waals surface area (Å²) in [5.74, 6) is 0.796. The Hall–Kier alpha value is -2.28. The molecule has 1 saturated carbocycles. The number of nitrogens with zero attached hydrogens (tertiary/aromatic N) is 1. The second kappa shape index (κ2) is 6.08. The van der Waals surface area contributed by atoms with Gasteiger partial charge >= 0.3 is 0 Å². The molecular formula is C16H21N3O4. The minimum atomic E-state index is -0.928. The van der Waals surface area contributed by atoms with Gasteiger partial charge in [0.25, 0.3) is 0 Å². The molecular weight excluding hydrogens is 298 g/mol. The van der Waals surface area contributed by atoms with E-state index in [9.17, 15) is 9.59 Å². The fourth-order valence-electron chi connectivity index (χ4n) is 2.47. The van der Waals surface area contributed by atoms with E-state index in [1.54, 1.807) is 18.2 Å². The summed E-state index contributed by atoms with van der Waals surface area (Å²) in [5.41, 5.74) is -0.325. The zero-order valence-corrected chi connectivity index (χ0v) is 13.3. The molecule has 0 aromatic heterocycles. The number of anilines is 1. The molecule has 2 amide bonds. The Balaban J connectivity index is 1.60. The molecule has 1 heterocycles. The van der Waals surface area contributed by atoms with Crippen LogP contribution in [0.25, 0.3) is 0 Å². The number of hydrogen-bond acceptors (Lipinski definition) is 5. The van der Waals surface area contributed by atoms with Crippen molar-refractivity contribution in [1.29, 1.82) is 0 Å². The van der Waals surface area contributed by atoms with Crippen LogP contribution in [0.3, 0.4) is 0 Å². The Morgan fingerprint density at radius 2 is 1.91 bits per heavy atom. The standard InChI is InChI=1S/C16H21N3O4/c1-19(2)8-7-17-14(20)16(5-6-16)15(21)18-11-3-4-12-13(9-11)23-10-22-12/h3-4,9H,5-8,10H2,1-2H3,(H,17,20)(H,18,21). The maximum atomic E-state index is 12.5. The summed E-state index contributed by atoms with van der Waals surface area (Å²) in [7, 11) is 3.87. The Bertz CT molecular complexity index is 626. The first-order chi connectivity index (χ1) is 11.0. The van der Waals surface area contributed by atoms with Gasteiger partial charge in [0.05, 0.1) is 0 Å². The van der Waals surface area contributed by atoms with E-state index in [4.69, 9.17) is 9.47 Å². The largest absolute Gasteiger partial charge is 0.454 e. The van der Waals surface area contributed by atoms with Crippen LogP contribution in [-0.2, 0) is 9.59 Å². The second-order valence-corrected chi connectivity index (χ2v) is 6.16. The van der Waals surface area contributed by atoms with Crippen LogP contribution >= 0.6 is 0 Å². The number of hydrogen-bond donors (Lipinski definition) is 2. The number of benzene rings is 1. The number of rotatable bonds is 6. The van der Waals surface area contributed by atoms with Gasteiger partial charge in [-0.2, -0.15) is 0 Å². The van der Waals surface area contributed by atoms with Crippen molar-refractivity contribution in [2.75, 3.05) is 39.3 Å². The van der Waals surface area contributed by atoms with Gasteiger partial charge in [-0.05, 0) is 39.1 Å². The smallest absolute Gasteiger partial charge is 0.240 e. The van der Waals surface area contributed by atoms with Gasteiger partial charge in [-0.15, -0.1) is 0 Å². The van der Waals surface area contributed by atoms with Gasteiger partial charge in [-0.1, -0.05) is 0 Å². The van der Waals surface area contributed by atoms with Crippen LogP contribution in [0.2, 0.25) is 0 Å². The zero-order valence-electron chi connectivity index (χ0n) is 13.3. The van der Waals surface area contributed by atoms with E-state index in [2.05, 4.69) is 10.6 Å². The number of nitrogens with one attached hydrogen (secondary N) is 2. The predicted octanol–water partition coefficient (Wildman–Crippen LogP) is 0.812. The quantitative estimate of drug-likeness (QED) is 0.759. The minimum absolute atomic E-state index is 0.185. The lowest BCUT2D eigenvalue weighted by Gasteiger charge is -2.17. The van der Waals surface area contributed by atoms with Crippen LogP contribution in [0.1, 0.15) is 12.8 Å². The molecule has 1 aromatic carbocycles. The predicted molar refractivity (Wildman–Crippen MR) is 84.4 cm³/mol. The van der Waals surface area contributed by atoms with E-state index in [-0.39, 0.29) is 18.6 Å². The normalized spacial score (nSPS) is 17.0. The summed E-state index contributed by atoms with van der Waals surface area (Å²) in [5, 5.41) is 5.65. The van der Waals surface area contributed by atoms with Gasteiger partial charge in [0.2, 0.25) is 18.6 Å². The van der Waals surface area contributed by atoms with Crippen molar-refractivity contribution in [2.24, 2.45) is 5.41 Å². The molecule has 1 aromatic rings. The lowest BCUT2D eigenvalue weighted by Crippen LogP contribution is -2.42. The summed E-state index contributed by atoms with van der Waals surface area (Å²) in [4.78, 5) is 26.8. The molecule has 0 unspecified atom stereocenters. The average molecular weight is 319 g/mol. The first-order valence-corrected chi connectivity index (χ1v) is 7.65. The number of carbonyl (C=O) groups excluding carboxylic acids is 2. The molecule has 0 radical (unpaired) electrons. The topological polar surface area (TPSA) is 79.9 Å². The van der Waals surface area contributed by atoms with Gasteiger partial charge < -0.3 is 25.0 Å². The Labute approximate surface area is 134 Å². The average Bonchev–Trinajstić information content (AvgIpc) is 3.20. The maximum Gasteiger partial charge on any atom is 0.240 e. The van der Waals surface area contributed by atoms with Crippen LogP contribution < -0.4 is 20.1 Å². The van der Waals surface area contributed by atoms with Gasteiger partial charge in [-0.25, -0.2) is 0 Å². The number of fused-ring (bicyclic) bond motifs is 1. The summed E-state index contributed by atoms with van der Waals surface area (Å²) in [6.07, 6.45) is 1.16. The molecule has 2 aliphatic rings. The van der Waals surface area contributed by atoms with Crippen LogP contribution in [0, 0.1) is 5.41 Å². The number of amides is 2. The van der Waals surface area contributed by atoms with Gasteiger partial charge in [0.1, 0.15) is 5.41 Å². The second-order valence-electron chi connectivity index (χ2n) is 6.16. The fourth-order valence-corrected chi connectivity index (χ4v) is 2.47. The molecule has 1 aliphatic heterocycles. The van der Waals surface area contributed by atoms with E-state index in [1.165, 1.54) is 0 Å². The Morgan fingerprint density at radius 1 is 1.17 bits per heavy atom. The van der Waals surface area contributed by atoms with E-state index < -0.39 is 5.41 Å². The van der Waals surface area contributed by atoms with Crippen molar-refractivity contribution in [3.05, 3.63) is 18.2 Å². The van der Waals surface area contributed by atoms with E-state index in [0.29, 0.717) is 36.6 Å². The van der Waals surface area contributed by atoms with Crippen molar-refractivity contribution < 1.29 is 19.1 Å². The molecule has 7 nitrogen and oxygen atoms in total. The first kappa shape index (κ1) is 15.6.